The Bertz CT molecular complexity index is 492. The summed E-state index contributed by atoms with van der Waals surface area (Å²) in [5, 5.41) is 3.38. The zero-order chi connectivity index (χ0) is 14.0. The van der Waals surface area contributed by atoms with Crippen molar-refractivity contribution in [3.05, 3.63) is 35.4 Å². The van der Waals surface area contributed by atoms with Gasteiger partial charge in [-0.1, -0.05) is 24.3 Å². The summed E-state index contributed by atoms with van der Waals surface area (Å²) in [6.45, 7) is 5.67. The fraction of sp³-hybridized carbons (Fsp3) is 0.588. The van der Waals surface area contributed by atoms with E-state index in [1.54, 1.807) is 0 Å². The number of nitrogens with one attached hydrogen (secondary N) is 1. The molecule has 0 radical (unpaired) electrons. The molecule has 1 atom stereocenters. The van der Waals surface area contributed by atoms with E-state index in [1.165, 1.54) is 11.1 Å². The van der Waals surface area contributed by atoms with Crippen LogP contribution in [-0.2, 0) is 17.8 Å². The number of benzene rings is 1. The van der Waals surface area contributed by atoms with Crippen molar-refractivity contribution >= 4 is 5.91 Å². The number of hydrogen-bond donors (Lipinski definition) is 1. The summed E-state index contributed by atoms with van der Waals surface area (Å²) < 4.78 is 0. The largest absolute Gasteiger partial charge is 0.338 e. The third-order valence-corrected chi connectivity index (χ3v) is 4.75. The molecule has 2 heterocycles. The molecule has 0 aromatic heterocycles. The smallest absolute Gasteiger partial charge is 0.230 e. The Morgan fingerprint density at radius 1 is 1.25 bits per heavy atom. The molecule has 1 amide bonds. The van der Waals surface area contributed by atoms with Crippen LogP contribution in [0.5, 0.6) is 0 Å². The minimum atomic E-state index is -0.211. The lowest BCUT2D eigenvalue weighted by Gasteiger charge is -2.37. The molecule has 0 aliphatic carbocycles. The maximum atomic E-state index is 12.9. The number of carbonyl (C=O) groups excluding carboxylic acids is 1. The molecular formula is C17H24N2O. The number of carbonyl (C=O) groups is 1. The van der Waals surface area contributed by atoms with Crippen LogP contribution in [-0.4, -0.2) is 30.4 Å². The van der Waals surface area contributed by atoms with Crippen molar-refractivity contribution in [3.8, 4) is 0 Å². The Labute approximate surface area is 121 Å². The first kappa shape index (κ1) is 13.6. The topological polar surface area (TPSA) is 32.3 Å². The maximum absolute atomic E-state index is 12.9. The van der Waals surface area contributed by atoms with Gasteiger partial charge in [-0.3, -0.25) is 4.79 Å². The van der Waals surface area contributed by atoms with E-state index in [1.807, 2.05) is 0 Å². The third-order valence-electron chi connectivity index (χ3n) is 4.75. The minimum Gasteiger partial charge on any atom is -0.338 e. The summed E-state index contributed by atoms with van der Waals surface area (Å²) in [7, 11) is 0. The first-order valence-electron chi connectivity index (χ1n) is 7.76. The van der Waals surface area contributed by atoms with Crippen LogP contribution in [0.4, 0.5) is 0 Å². The second kappa shape index (κ2) is 5.57. The lowest BCUT2D eigenvalue weighted by Crippen LogP contribution is -2.50. The normalized spacial score (nSPS) is 26.8. The first-order chi connectivity index (χ1) is 9.69. The van der Waals surface area contributed by atoms with Crippen LogP contribution in [0, 0.1) is 5.41 Å². The Hall–Kier alpha value is -1.35. The van der Waals surface area contributed by atoms with Gasteiger partial charge >= 0.3 is 0 Å². The van der Waals surface area contributed by atoms with Gasteiger partial charge in [-0.2, -0.15) is 0 Å². The van der Waals surface area contributed by atoms with Crippen molar-refractivity contribution in [2.45, 2.75) is 39.2 Å². The van der Waals surface area contributed by atoms with E-state index in [-0.39, 0.29) is 5.41 Å². The second-order valence-corrected chi connectivity index (χ2v) is 6.44. The van der Waals surface area contributed by atoms with Crippen molar-refractivity contribution in [1.82, 2.24) is 10.2 Å². The highest BCUT2D eigenvalue weighted by molar-refractivity contribution is 5.83. The highest BCUT2D eigenvalue weighted by Crippen LogP contribution is 2.30. The van der Waals surface area contributed by atoms with Crippen molar-refractivity contribution in [2.24, 2.45) is 5.41 Å². The van der Waals surface area contributed by atoms with Gasteiger partial charge in [-0.15, -0.1) is 0 Å². The van der Waals surface area contributed by atoms with Gasteiger partial charge in [0.25, 0.3) is 0 Å². The third kappa shape index (κ3) is 2.59. The maximum Gasteiger partial charge on any atom is 0.230 e. The van der Waals surface area contributed by atoms with Crippen molar-refractivity contribution in [2.75, 3.05) is 19.6 Å². The molecule has 1 saturated heterocycles. The van der Waals surface area contributed by atoms with Crippen LogP contribution in [0.25, 0.3) is 0 Å². The molecule has 108 valence electrons. The van der Waals surface area contributed by atoms with Crippen molar-refractivity contribution in [3.63, 3.8) is 0 Å². The number of rotatable bonds is 1. The summed E-state index contributed by atoms with van der Waals surface area (Å²) >= 11 is 0. The predicted molar refractivity (Wildman–Crippen MR) is 80.4 cm³/mol. The standard InChI is InChI=1S/C17H24N2O/c1-17(9-5-10-18-13-17)16(20)19-11-4-8-14-6-2-3-7-15(14)12-19/h2-3,6-7,18H,4-5,8-13H2,1H3. The van der Waals surface area contributed by atoms with Crippen molar-refractivity contribution < 1.29 is 4.79 Å². The van der Waals surface area contributed by atoms with E-state index in [0.29, 0.717) is 5.91 Å². The van der Waals surface area contributed by atoms with Gasteiger partial charge in [0.15, 0.2) is 0 Å². The van der Waals surface area contributed by atoms with Crippen molar-refractivity contribution in [1.29, 1.82) is 0 Å². The van der Waals surface area contributed by atoms with Gasteiger partial charge in [0.2, 0.25) is 5.91 Å². The monoisotopic (exact) mass is 272 g/mol. The molecule has 3 heteroatoms. The van der Waals surface area contributed by atoms with Gasteiger partial charge < -0.3 is 10.2 Å². The van der Waals surface area contributed by atoms with Crippen LogP contribution < -0.4 is 5.32 Å². The van der Waals surface area contributed by atoms with Gasteiger partial charge in [-0.25, -0.2) is 0 Å². The van der Waals surface area contributed by atoms with Crippen LogP contribution in [0.3, 0.4) is 0 Å². The Kier molecular flexibility index (Phi) is 3.79. The van der Waals surface area contributed by atoms with E-state index < -0.39 is 0 Å². The summed E-state index contributed by atoms with van der Waals surface area (Å²) in [6, 6.07) is 8.55. The summed E-state index contributed by atoms with van der Waals surface area (Å²) in [6.07, 6.45) is 4.28. The fourth-order valence-electron chi connectivity index (χ4n) is 3.49. The molecule has 0 saturated carbocycles. The summed E-state index contributed by atoms with van der Waals surface area (Å²) in [4.78, 5) is 15.0. The second-order valence-electron chi connectivity index (χ2n) is 6.44. The molecule has 0 bridgehead atoms. The summed E-state index contributed by atoms with van der Waals surface area (Å²) in [5.41, 5.74) is 2.53. The predicted octanol–water partition coefficient (Wildman–Crippen LogP) is 2.35. The molecule has 1 fully saturated rings. The average molecular weight is 272 g/mol. The van der Waals surface area contributed by atoms with Crippen LogP contribution in [0.15, 0.2) is 24.3 Å². The van der Waals surface area contributed by atoms with E-state index in [0.717, 1.165) is 51.9 Å². The molecule has 3 nitrogen and oxygen atoms in total. The lowest BCUT2D eigenvalue weighted by molar-refractivity contribution is -0.142. The van der Waals surface area contributed by atoms with Crippen LogP contribution in [0.1, 0.15) is 37.3 Å². The molecule has 1 unspecified atom stereocenters. The number of amides is 1. The van der Waals surface area contributed by atoms with Gasteiger partial charge in [0, 0.05) is 19.6 Å². The Balaban J connectivity index is 1.78. The SMILES string of the molecule is CC1(C(=O)N2CCCc3ccccc3C2)CCCNC1. The quantitative estimate of drug-likeness (QED) is 0.851. The number of aryl methyl sites for hydroxylation is 1. The highest BCUT2D eigenvalue weighted by atomic mass is 16.2. The number of nitrogens with zero attached hydrogens (tertiary/aromatic N) is 1. The zero-order valence-electron chi connectivity index (χ0n) is 12.3. The minimum absolute atomic E-state index is 0.211. The van der Waals surface area contributed by atoms with E-state index in [2.05, 4.69) is 41.4 Å². The highest BCUT2D eigenvalue weighted by Gasteiger charge is 2.38. The molecule has 1 N–H and O–H groups in total. The molecule has 3 rings (SSSR count). The molecule has 1 aromatic carbocycles. The number of piperidine rings is 1. The van der Waals surface area contributed by atoms with E-state index in [4.69, 9.17) is 0 Å². The van der Waals surface area contributed by atoms with Crippen LogP contribution >= 0.6 is 0 Å². The summed E-state index contributed by atoms with van der Waals surface area (Å²) in [5.74, 6) is 0.335. The lowest BCUT2D eigenvalue weighted by atomic mass is 9.81. The number of hydrogen-bond acceptors (Lipinski definition) is 2. The van der Waals surface area contributed by atoms with E-state index in [9.17, 15) is 4.79 Å². The Morgan fingerprint density at radius 3 is 2.80 bits per heavy atom. The van der Waals surface area contributed by atoms with Gasteiger partial charge in [0.1, 0.15) is 0 Å². The molecular weight excluding hydrogens is 248 g/mol. The molecule has 20 heavy (non-hydrogen) atoms. The zero-order valence-corrected chi connectivity index (χ0v) is 12.3. The average Bonchev–Trinajstić information content (AvgIpc) is 2.69. The fourth-order valence-corrected chi connectivity index (χ4v) is 3.49. The van der Waals surface area contributed by atoms with Gasteiger partial charge in [-0.05, 0) is 50.3 Å². The van der Waals surface area contributed by atoms with Gasteiger partial charge in [0.05, 0.1) is 5.41 Å². The molecule has 2 aliphatic heterocycles. The number of fused-ring (bicyclic) bond motifs is 1. The Morgan fingerprint density at radius 2 is 2.05 bits per heavy atom. The van der Waals surface area contributed by atoms with Crippen LogP contribution in [0.2, 0.25) is 0 Å². The van der Waals surface area contributed by atoms with E-state index >= 15 is 0 Å². The molecule has 0 spiro atoms. The molecule has 1 aromatic rings. The first-order valence-corrected chi connectivity index (χ1v) is 7.76. The molecule has 2 aliphatic rings.